The third kappa shape index (κ3) is 2.39. The Morgan fingerprint density at radius 2 is 1.93 bits per heavy atom. The SMILES string of the molecule is CC(C)(O)c1ccc(C2CCCN2)cc1. The lowest BCUT2D eigenvalue weighted by atomic mass is 9.95. The summed E-state index contributed by atoms with van der Waals surface area (Å²) in [6.07, 6.45) is 2.49. The van der Waals surface area contributed by atoms with E-state index in [0.717, 1.165) is 12.1 Å². The first-order valence-corrected chi connectivity index (χ1v) is 5.63. The van der Waals surface area contributed by atoms with Crippen molar-refractivity contribution < 1.29 is 5.11 Å². The van der Waals surface area contributed by atoms with Crippen LogP contribution in [-0.2, 0) is 5.60 Å². The number of benzene rings is 1. The van der Waals surface area contributed by atoms with Gasteiger partial charge in [-0.15, -0.1) is 0 Å². The highest BCUT2D eigenvalue weighted by atomic mass is 16.3. The summed E-state index contributed by atoms with van der Waals surface area (Å²) < 4.78 is 0. The lowest BCUT2D eigenvalue weighted by molar-refractivity contribution is 0.0786. The predicted octanol–water partition coefficient (Wildman–Crippen LogP) is 2.34. The lowest BCUT2D eigenvalue weighted by Crippen LogP contribution is -2.16. The van der Waals surface area contributed by atoms with Crippen LogP contribution in [0.1, 0.15) is 43.9 Å². The highest BCUT2D eigenvalue weighted by molar-refractivity contribution is 5.28. The minimum atomic E-state index is -0.734. The van der Waals surface area contributed by atoms with Gasteiger partial charge in [0.2, 0.25) is 0 Å². The molecule has 82 valence electrons. The molecule has 2 rings (SSSR count). The van der Waals surface area contributed by atoms with Gasteiger partial charge < -0.3 is 10.4 Å². The molecule has 1 aliphatic heterocycles. The summed E-state index contributed by atoms with van der Waals surface area (Å²) in [5, 5.41) is 13.3. The summed E-state index contributed by atoms with van der Waals surface area (Å²) in [6.45, 7) is 4.75. The monoisotopic (exact) mass is 205 g/mol. The quantitative estimate of drug-likeness (QED) is 0.776. The van der Waals surface area contributed by atoms with Crippen molar-refractivity contribution >= 4 is 0 Å². The average molecular weight is 205 g/mol. The maximum Gasteiger partial charge on any atom is 0.0840 e. The fourth-order valence-corrected chi connectivity index (χ4v) is 2.09. The van der Waals surface area contributed by atoms with Crippen LogP contribution in [0.5, 0.6) is 0 Å². The zero-order chi connectivity index (χ0) is 10.9. The molecule has 0 amide bonds. The molecule has 1 saturated heterocycles. The molecule has 2 N–H and O–H groups in total. The van der Waals surface area contributed by atoms with E-state index in [1.807, 2.05) is 26.0 Å². The van der Waals surface area contributed by atoms with Crippen LogP contribution >= 0.6 is 0 Å². The summed E-state index contributed by atoms with van der Waals surface area (Å²) in [5.74, 6) is 0. The van der Waals surface area contributed by atoms with Crippen LogP contribution in [0.4, 0.5) is 0 Å². The van der Waals surface area contributed by atoms with Gasteiger partial charge in [0, 0.05) is 6.04 Å². The Kier molecular flexibility index (Phi) is 2.81. The van der Waals surface area contributed by atoms with Crippen LogP contribution in [-0.4, -0.2) is 11.7 Å². The standard InChI is InChI=1S/C13H19NO/c1-13(2,15)11-7-5-10(6-8-11)12-4-3-9-14-12/h5-8,12,14-15H,3-4,9H2,1-2H3. The number of rotatable bonds is 2. The van der Waals surface area contributed by atoms with E-state index in [-0.39, 0.29) is 0 Å². The zero-order valence-corrected chi connectivity index (χ0v) is 9.46. The summed E-state index contributed by atoms with van der Waals surface area (Å²) in [5.41, 5.74) is 1.58. The molecule has 15 heavy (non-hydrogen) atoms. The minimum Gasteiger partial charge on any atom is -0.386 e. The van der Waals surface area contributed by atoms with Gasteiger partial charge >= 0.3 is 0 Å². The molecule has 1 aromatic carbocycles. The van der Waals surface area contributed by atoms with E-state index >= 15 is 0 Å². The van der Waals surface area contributed by atoms with Crippen molar-refractivity contribution in [1.82, 2.24) is 5.32 Å². The first kappa shape index (κ1) is 10.7. The molecule has 0 radical (unpaired) electrons. The number of hydrogen-bond donors (Lipinski definition) is 2. The van der Waals surface area contributed by atoms with Crippen LogP contribution in [0, 0.1) is 0 Å². The second-order valence-electron chi connectivity index (χ2n) is 4.83. The van der Waals surface area contributed by atoms with Crippen LogP contribution in [0.15, 0.2) is 24.3 Å². The molecule has 1 atom stereocenters. The van der Waals surface area contributed by atoms with Crippen LogP contribution < -0.4 is 5.32 Å². The third-order valence-corrected chi connectivity index (χ3v) is 3.08. The summed E-state index contributed by atoms with van der Waals surface area (Å²) in [4.78, 5) is 0. The Hall–Kier alpha value is -0.860. The molecule has 0 bridgehead atoms. The van der Waals surface area contributed by atoms with Crippen molar-refractivity contribution in [3.63, 3.8) is 0 Å². The molecular formula is C13H19NO. The van der Waals surface area contributed by atoms with Gasteiger partial charge in [-0.05, 0) is 44.4 Å². The smallest absolute Gasteiger partial charge is 0.0840 e. The maximum atomic E-state index is 9.83. The zero-order valence-electron chi connectivity index (χ0n) is 9.46. The average Bonchev–Trinajstić information content (AvgIpc) is 2.69. The number of nitrogens with one attached hydrogen (secondary N) is 1. The molecule has 2 nitrogen and oxygen atoms in total. The topological polar surface area (TPSA) is 32.3 Å². The van der Waals surface area contributed by atoms with Crippen molar-refractivity contribution in [2.24, 2.45) is 0 Å². The second-order valence-corrected chi connectivity index (χ2v) is 4.83. The minimum absolute atomic E-state index is 0.515. The van der Waals surface area contributed by atoms with E-state index in [0.29, 0.717) is 6.04 Å². The van der Waals surface area contributed by atoms with Gasteiger partial charge in [0.15, 0.2) is 0 Å². The van der Waals surface area contributed by atoms with Gasteiger partial charge in [-0.2, -0.15) is 0 Å². The molecule has 2 heteroatoms. The molecule has 1 aromatic rings. The first-order valence-electron chi connectivity index (χ1n) is 5.63. The van der Waals surface area contributed by atoms with E-state index in [4.69, 9.17) is 0 Å². The van der Waals surface area contributed by atoms with E-state index < -0.39 is 5.60 Å². The predicted molar refractivity (Wildman–Crippen MR) is 61.7 cm³/mol. The van der Waals surface area contributed by atoms with Crippen molar-refractivity contribution in [1.29, 1.82) is 0 Å². The molecule has 1 fully saturated rings. The molecule has 0 aromatic heterocycles. The second kappa shape index (κ2) is 3.95. The number of hydrogen-bond acceptors (Lipinski definition) is 2. The molecule has 1 heterocycles. The van der Waals surface area contributed by atoms with Crippen molar-refractivity contribution in [3.05, 3.63) is 35.4 Å². The molecule has 1 aliphatic rings. The van der Waals surface area contributed by atoms with Gasteiger partial charge in [-0.1, -0.05) is 24.3 Å². The van der Waals surface area contributed by atoms with Crippen molar-refractivity contribution in [2.45, 2.75) is 38.3 Å². The van der Waals surface area contributed by atoms with Gasteiger partial charge in [0.05, 0.1) is 5.60 Å². The van der Waals surface area contributed by atoms with Gasteiger partial charge in [0.25, 0.3) is 0 Å². The van der Waals surface area contributed by atoms with Gasteiger partial charge in [-0.25, -0.2) is 0 Å². The Balaban J connectivity index is 2.16. The third-order valence-electron chi connectivity index (χ3n) is 3.08. The molecular weight excluding hydrogens is 186 g/mol. The largest absolute Gasteiger partial charge is 0.386 e. The first-order chi connectivity index (χ1) is 7.07. The van der Waals surface area contributed by atoms with E-state index in [9.17, 15) is 5.11 Å². The van der Waals surface area contributed by atoms with E-state index in [1.54, 1.807) is 0 Å². The van der Waals surface area contributed by atoms with Crippen molar-refractivity contribution in [2.75, 3.05) is 6.54 Å². The highest BCUT2D eigenvalue weighted by Gasteiger charge is 2.18. The summed E-state index contributed by atoms with van der Waals surface area (Å²) >= 11 is 0. The fourth-order valence-electron chi connectivity index (χ4n) is 2.09. The molecule has 0 spiro atoms. The van der Waals surface area contributed by atoms with Crippen LogP contribution in [0.25, 0.3) is 0 Å². The van der Waals surface area contributed by atoms with Gasteiger partial charge in [0.1, 0.15) is 0 Å². The van der Waals surface area contributed by atoms with Crippen molar-refractivity contribution in [3.8, 4) is 0 Å². The Labute approximate surface area is 91.3 Å². The van der Waals surface area contributed by atoms with Crippen LogP contribution in [0.3, 0.4) is 0 Å². The summed E-state index contributed by atoms with van der Waals surface area (Å²) in [6, 6.07) is 8.80. The van der Waals surface area contributed by atoms with Crippen LogP contribution in [0.2, 0.25) is 0 Å². The highest BCUT2D eigenvalue weighted by Crippen LogP contribution is 2.26. The molecule has 0 saturated carbocycles. The Morgan fingerprint density at radius 1 is 1.27 bits per heavy atom. The van der Waals surface area contributed by atoms with E-state index in [2.05, 4.69) is 17.4 Å². The van der Waals surface area contributed by atoms with Gasteiger partial charge in [-0.3, -0.25) is 0 Å². The summed E-state index contributed by atoms with van der Waals surface area (Å²) in [7, 11) is 0. The Morgan fingerprint density at radius 3 is 2.40 bits per heavy atom. The number of aliphatic hydroxyl groups is 1. The molecule has 1 unspecified atom stereocenters. The lowest BCUT2D eigenvalue weighted by Gasteiger charge is -2.19. The molecule has 0 aliphatic carbocycles. The van der Waals surface area contributed by atoms with E-state index in [1.165, 1.54) is 18.4 Å². The maximum absolute atomic E-state index is 9.83. The normalized spacial score (nSPS) is 21.9. The fraction of sp³-hybridized carbons (Fsp3) is 0.538. The Bertz CT molecular complexity index is 317.